The van der Waals surface area contributed by atoms with Crippen LogP contribution in [0.15, 0.2) is 30.3 Å². The predicted molar refractivity (Wildman–Crippen MR) is 107 cm³/mol. The summed E-state index contributed by atoms with van der Waals surface area (Å²) in [6.45, 7) is 2.07. The first-order valence-corrected chi connectivity index (χ1v) is 9.61. The molecule has 0 bridgehead atoms. The minimum Gasteiger partial charge on any atom is -0.393 e. The standard InChI is InChI=1S/C21H28N4O2/c1-4-16-13-19(24-21(23-16)25(2)3)14-5-7-15(8-6-14)20(27)22-17-9-11-18(26)12-10-17/h5-8,13,17-18,26H,4,9-12H2,1-3H3,(H,22,27). The van der Waals surface area contributed by atoms with E-state index < -0.39 is 0 Å². The molecule has 1 amide bonds. The molecule has 0 unspecified atom stereocenters. The minimum absolute atomic E-state index is 0.0612. The molecule has 0 aliphatic heterocycles. The molecule has 1 saturated carbocycles. The first kappa shape index (κ1) is 19.3. The van der Waals surface area contributed by atoms with Crippen molar-refractivity contribution in [3.8, 4) is 11.3 Å². The molecule has 1 aliphatic carbocycles. The van der Waals surface area contributed by atoms with Crippen LogP contribution in [-0.4, -0.2) is 47.2 Å². The molecule has 6 heteroatoms. The fraction of sp³-hybridized carbons (Fsp3) is 0.476. The van der Waals surface area contributed by atoms with Gasteiger partial charge in [0.05, 0.1) is 11.8 Å². The molecule has 27 heavy (non-hydrogen) atoms. The lowest BCUT2D eigenvalue weighted by atomic mass is 9.93. The highest BCUT2D eigenvalue weighted by atomic mass is 16.3. The van der Waals surface area contributed by atoms with Crippen LogP contribution in [0.5, 0.6) is 0 Å². The normalized spacial score (nSPS) is 19.6. The van der Waals surface area contributed by atoms with Crippen molar-refractivity contribution in [1.82, 2.24) is 15.3 Å². The second kappa shape index (κ2) is 8.48. The lowest BCUT2D eigenvalue weighted by Gasteiger charge is -2.26. The van der Waals surface area contributed by atoms with E-state index in [0.717, 1.165) is 49.1 Å². The number of benzene rings is 1. The van der Waals surface area contributed by atoms with Crippen LogP contribution in [0.2, 0.25) is 0 Å². The van der Waals surface area contributed by atoms with Gasteiger partial charge in [-0.05, 0) is 50.3 Å². The molecule has 2 N–H and O–H groups in total. The summed E-state index contributed by atoms with van der Waals surface area (Å²) in [7, 11) is 3.85. The number of nitrogens with one attached hydrogen (secondary N) is 1. The van der Waals surface area contributed by atoms with Gasteiger partial charge in [-0.1, -0.05) is 19.1 Å². The van der Waals surface area contributed by atoms with Gasteiger partial charge in [-0.3, -0.25) is 4.79 Å². The van der Waals surface area contributed by atoms with Crippen molar-refractivity contribution < 1.29 is 9.90 Å². The van der Waals surface area contributed by atoms with E-state index in [1.165, 1.54) is 0 Å². The molecule has 1 aromatic heterocycles. The van der Waals surface area contributed by atoms with Gasteiger partial charge in [0.15, 0.2) is 0 Å². The Hall–Kier alpha value is -2.47. The fourth-order valence-corrected chi connectivity index (χ4v) is 3.29. The van der Waals surface area contributed by atoms with Gasteiger partial charge in [-0.25, -0.2) is 9.97 Å². The molecule has 6 nitrogen and oxygen atoms in total. The van der Waals surface area contributed by atoms with Crippen LogP contribution >= 0.6 is 0 Å². The minimum atomic E-state index is -0.217. The number of amides is 1. The number of hydrogen-bond donors (Lipinski definition) is 2. The topological polar surface area (TPSA) is 78.3 Å². The maximum absolute atomic E-state index is 12.5. The number of nitrogens with zero attached hydrogens (tertiary/aromatic N) is 3. The Morgan fingerprint density at radius 1 is 1.15 bits per heavy atom. The van der Waals surface area contributed by atoms with E-state index in [1.54, 1.807) is 0 Å². The SMILES string of the molecule is CCc1cc(-c2ccc(C(=O)NC3CCC(O)CC3)cc2)nc(N(C)C)n1. The van der Waals surface area contributed by atoms with Crippen LogP contribution in [0.4, 0.5) is 5.95 Å². The molecule has 3 rings (SSSR count). The molecule has 0 saturated heterocycles. The molecule has 0 atom stereocenters. The molecule has 0 spiro atoms. The Bertz CT molecular complexity index is 781. The molecule has 1 fully saturated rings. The molecule has 2 aromatic rings. The number of hydrogen-bond acceptors (Lipinski definition) is 5. The smallest absolute Gasteiger partial charge is 0.251 e. The Morgan fingerprint density at radius 3 is 2.41 bits per heavy atom. The zero-order valence-electron chi connectivity index (χ0n) is 16.3. The number of aromatic nitrogens is 2. The maximum Gasteiger partial charge on any atom is 0.251 e. The van der Waals surface area contributed by atoms with Crippen LogP contribution in [0.3, 0.4) is 0 Å². The van der Waals surface area contributed by atoms with Crippen molar-refractivity contribution in [1.29, 1.82) is 0 Å². The number of carbonyl (C=O) groups excluding carboxylic acids is 1. The van der Waals surface area contributed by atoms with E-state index >= 15 is 0 Å². The van der Waals surface area contributed by atoms with Crippen molar-refractivity contribution in [2.45, 2.75) is 51.2 Å². The average molecular weight is 368 g/mol. The van der Waals surface area contributed by atoms with Crippen LogP contribution < -0.4 is 10.2 Å². The maximum atomic E-state index is 12.5. The monoisotopic (exact) mass is 368 g/mol. The number of aliphatic hydroxyl groups is 1. The summed E-state index contributed by atoms with van der Waals surface area (Å²) in [5.74, 6) is 0.625. The molecule has 144 valence electrons. The predicted octanol–water partition coefficient (Wildman–Crippen LogP) is 2.81. The molecular formula is C21H28N4O2. The summed E-state index contributed by atoms with van der Waals surface area (Å²) in [5.41, 5.74) is 3.46. The first-order chi connectivity index (χ1) is 13.0. The van der Waals surface area contributed by atoms with Gasteiger partial charge in [-0.2, -0.15) is 0 Å². The Kier molecular flexibility index (Phi) is 6.06. The number of anilines is 1. The van der Waals surface area contributed by atoms with Crippen molar-refractivity contribution in [2.75, 3.05) is 19.0 Å². The highest BCUT2D eigenvalue weighted by Gasteiger charge is 2.21. The van der Waals surface area contributed by atoms with Crippen LogP contribution in [0.1, 0.15) is 48.7 Å². The average Bonchev–Trinajstić information content (AvgIpc) is 2.69. The highest BCUT2D eigenvalue weighted by molar-refractivity contribution is 5.94. The van der Waals surface area contributed by atoms with Gasteiger partial charge in [0.25, 0.3) is 5.91 Å². The second-order valence-corrected chi connectivity index (χ2v) is 7.35. The Balaban J connectivity index is 1.73. The Labute approximate surface area is 160 Å². The third-order valence-electron chi connectivity index (χ3n) is 5.00. The van der Waals surface area contributed by atoms with Gasteiger partial charge < -0.3 is 15.3 Å². The molecule has 1 heterocycles. The van der Waals surface area contributed by atoms with E-state index in [1.807, 2.05) is 49.3 Å². The zero-order valence-corrected chi connectivity index (χ0v) is 16.3. The molecule has 1 aromatic carbocycles. The quantitative estimate of drug-likeness (QED) is 0.848. The van der Waals surface area contributed by atoms with E-state index in [-0.39, 0.29) is 18.1 Å². The third-order valence-corrected chi connectivity index (χ3v) is 5.00. The van der Waals surface area contributed by atoms with Gasteiger partial charge in [-0.15, -0.1) is 0 Å². The summed E-state index contributed by atoms with van der Waals surface area (Å²) in [6.07, 6.45) is 3.80. The van der Waals surface area contributed by atoms with E-state index in [9.17, 15) is 9.90 Å². The highest BCUT2D eigenvalue weighted by Crippen LogP contribution is 2.22. The Morgan fingerprint density at radius 2 is 1.81 bits per heavy atom. The second-order valence-electron chi connectivity index (χ2n) is 7.35. The van der Waals surface area contributed by atoms with Crippen LogP contribution in [-0.2, 0) is 6.42 Å². The lowest BCUT2D eigenvalue weighted by Crippen LogP contribution is -2.38. The summed E-state index contributed by atoms with van der Waals surface area (Å²) < 4.78 is 0. The van der Waals surface area contributed by atoms with E-state index in [2.05, 4.69) is 22.2 Å². The number of carbonyl (C=O) groups is 1. The lowest BCUT2D eigenvalue weighted by molar-refractivity contribution is 0.0867. The van der Waals surface area contributed by atoms with Gasteiger partial charge in [0, 0.05) is 37.0 Å². The summed E-state index contributed by atoms with van der Waals surface area (Å²) >= 11 is 0. The fourth-order valence-electron chi connectivity index (χ4n) is 3.29. The first-order valence-electron chi connectivity index (χ1n) is 9.61. The van der Waals surface area contributed by atoms with Crippen LogP contribution in [0, 0.1) is 0 Å². The number of aliphatic hydroxyl groups excluding tert-OH is 1. The van der Waals surface area contributed by atoms with Crippen molar-refractivity contribution in [3.05, 3.63) is 41.6 Å². The van der Waals surface area contributed by atoms with Crippen molar-refractivity contribution in [2.24, 2.45) is 0 Å². The van der Waals surface area contributed by atoms with Crippen molar-refractivity contribution >= 4 is 11.9 Å². The summed E-state index contributed by atoms with van der Waals surface area (Å²) in [6, 6.07) is 9.69. The largest absolute Gasteiger partial charge is 0.393 e. The third kappa shape index (κ3) is 4.83. The summed E-state index contributed by atoms with van der Waals surface area (Å²) in [5, 5.41) is 12.7. The molecular weight excluding hydrogens is 340 g/mol. The van der Waals surface area contributed by atoms with Gasteiger partial charge in [0.2, 0.25) is 5.95 Å². The van der Waals surface area contributed by atoms with E-state index in [0.29, 0.717) is 11.5 Å². The van der Waals surface area contributed by atoms with Gasteiger partial charge >= 0.3 is 0 Å². The van der Waals surface area contributed by atoms with E-state index in [4.69, 9.17) is 0 Å². The van der Waals surface area contributed by atoms with Gasteiger partial charge in [0.1, 0.15) is 0 Å². The molecule has 1 aliphatic rings. The zero-order chi connectivity index (χ0) is 19.4. The number of aryl methyl sites for hydroxylation is 1. The molecule has 0 radical (unpaired) electrons. The van der Waals surface area contributed by atoms with Crippen molar-refractivity contribution in [3.63, 3.8) is 0 Å². The number of rotatable bonds is 5. The summed E-state index contributed by atoms with van der Waals surface area (Å²) in [4.78, 5) is 23.5. The van der Waals surface area contributed by atoms with Crippen LogP contribution in [0.25, 0.3) is 11.3 Å².